The molecule has 0 saturated heterocycles. The zero-order valence-electron chi connectivity index (χ0n) is 20.2. The molecule has 0 bridgehead atoms. The summed E-state index contributed by atoms with van der Waals surface area (Å²) in [6.45, 7) is 8.26. The second-order valence-corrected chi connectivity index (χ2v) is 8.73. The summed E-state index contributed by atoms with van der Waals surface area (Å²) in [4.78, 5) is 11.6. The van der Waals surface area contributed by atoms with Crippen molar-refractivity contribution in [2.75, 3.05) is 13.2 Å². The Labute approximate surface area is 202 Å². The molecule has 0 radical (unpaired) electrons. The largest absolute Gasteiger partial charge is 0.489 e. The van der Waals surface area contributed by atoms with Gasteiger partial charge >= 0.3 is 6.09 Å². The molecule has 0 aliphatic heterocycles. The van der Waals surface area contributed by atoms with Crippen LogP contribution in [0.4, 0.5) is 4.79 Å². The number of rotatable bonds is 11. The van der Waals surface area contributed by atoms with Crippen LogP contribution in [0.1, 0.15) is 43.0 Å². The Hall–Kier alpha value is -3.51. The smallest absolute Gasteiger partial charge is 0.407 e. The molecular weight excluding hydrogens is 428 g/mol. The monoisotopic (exact) mass is 462 g/mol. The number of carbonyl (C=O) groups is 1. The lowest BCUT2D eigenvalue weighted by molar-refractivity contribution is 0.150. The minimum absolute atomic E-state index is 0.232. The summed E-state index contributed by atoms with van der Waals surface area (Å²) in [5.74, 6) is 1.61. The van der Waals surface area contributed by atoms with Gasteiger partial charge in [-0.1, -0.05) is 56.3 Å². The Morgan fingerprint density at radius 2 is 1.41 bits per heavy atom. The molecule has 0 aliphatic rings. The van der Waals surface area contributed by atoms with Crippen LogP contribution in [0.5, 0.6) is 11.5 Å². The van der Waals surface area contributed by atoms with E-state index in [-0.39, 0.29) is 5.41 Å². The van der Waals surface area contributed by atoms with Crippen LogP contribution < -0.4 is 20.5 Å². The molecule has 3 aromatic rings. The third-order valence-corrected chi connectivity index (χ3v) is 5.55. The van der Waals surface area contributed by atoms with Crippen LogP contribution in [0.3, 0.4) is 0 Å². The van der Waals surface area contributed by atoms with Gasteiger partial charge in [0.15, 0.2) is 0 Å². The van der Waals surface area contributed by atoms with E-state index in [2.05, 4.69) is 25.2 Å². The molecule has 3 rings (SSSR count). The quantitative estimate of drug-likeness (QED) is 0.403. The molecule has 0 unspecified atom stereocenters. The van der Waals surface area contributed by atoms with Crippen LogP contribution in [0.25, 0.3) is 0 Å². The Kier molecular flexibility index (Phi) is 8.93. The van der Waals surface area contributed by atoms with Gasteiger partial charge in [0.2, 0.25) is 0 Å². The van der Waals surface area contributed by atoms with Crippen molar-refractivity contribution in [1.29, 1.82) is 0 Å². The normalized spacial score (nSPS) is 11.1. The average molecular weight is 463 g/mol. The molecule has 3 aromatic carbocycles. The van der Waals surface area contributed by atoms with Crippen LogP contribution in [0.2, 0.25) is 0 Å². The van der Waals surface area contributed by atoms with Crippen LogP contribution in [0, 0.1) is 0 Å². The lowest BCUT2D eigenvalue weighted by atomic mass is 9.84. The summed E-state index contributed by atoms with van der Waals surface area (Å²) in [6, 6.07) is 24.0. The van der Waals surface area contributed by atoms with Crippen molar-refractivity contribution >= 4 is 6.09 Å². The highest BCUT2D eigenvalue weighted by atomic mass is 16.5. The zero-order chi connectivity index (χ0) is 24.4. The SMILES string of the molecule is CCOC(=O)NCC(C)(C)c1ccc(OCc2cccc(COc3ccc(CN)cc3)c2)cc1. The molecular formula is C28H34N2O4. The van der Waals surface area contributed by atoms with Gasteiger partial charge in [0.1, 0.15) is 24.7 Å². The first kappa shape index (κ1) is 25.1. The van der Waals surface area contributed by atoms with Crippen molar-refractivity contribution in [3.8, 4) is 11.5 Å². The Bertz CT molecular complexity index is 1050. The maximum atomic E-state index is 11.6. The highest BCUT2D eigenvalue weighted by molar-refractivity contribution is 5.67. The summed E-state index contributed by atoms with van der Waals surface area (Å²) in [7, 11) is 0. The van der Waals surface area contributed by atoms with Crippen molar-refractivity contribution in [2.45, 2.75) is 45.9 Å². The maximum Gasteiger partial charge on any atom is 0.407 e. The third-order valence-electron chi connectivity index (χ3n) is 5.55. The maximum absolute atomic E-state index is 11.6. The lowest BCUT2D eigenvalue weighted by Crippen LogP contribution is -2.36. The third kappa shape index (κ3) is 7.52. The fraction of sp³-hybridized carbons (Fsp3) is 0.321. The van der Waals surface area contributed by atoms with Gasteiger partial charge in [0, 0.05) is 18.5 Å². The predicted octanol–water partition coefficient (Wildman–Crippen LogP) is 5.33. The van der Waals surface area contributed by atoms with Gasteiger partial charge in [-0.2, -0.15) is 0 Å². The number of nitrogens with two attached hydrogens (primary N) is 1. The molecule has 0 saturated carbocycles. The van der Waals surface area contributed by atoms with E-state index in [1.807, 2.05) is 66.7 Å². The van der Waals surface area contributed by atoms with Crippen molar-refractivity contribution in [1.82, 2.24) is 5.32 Å². The molecule has 0 atom stereocenters. The van der Waals surface area contributed by atoms with Crippen LogP contribution in [-0.4, -0.2) is 19.2 Å². The van der Waals surface area contributed by atoms with E-state index in [1.165, 1.54) is 0 Å². The number of amides is 1. The Morgan fingerprint density at radius 1 is 0.853 bits per heavy atom. The van der Waals surface area contributed by atoms with Crippen molar-refractivity contribution in [3.05, 3.63) is 95.1 Å². The second kappa shape index (κ2) is 12.1. The first-order chi connectivity index (χ1) is 16.4. The van der Waals surface area contributed by atoms with Gasteiger partial charge in [-0.25, -0.2) is 4.79 Å². The summed E-state index contributed by atoms with van der Waals surface area (Å²) >= 11 is 0. The van der Waals surface area contributed by atoms with Gasteiger partial charge in [-0.3, -0.25) is 0 Å². The molecule has 34 heavy (non-hydrogen) atoms. The van der Waals surface area contributed by atoms with Crippen LogP contribution in [-0.2, 0) is 29.9 Å². The van der Waals surface area contributed by atoms with E-state index in [1.54, 1.807) is 6.92 Å². The van der Waals surface area contributed by atoms with E-state index in [9.17, 15) is 4.79 Å². The molecule has 0 fully saturated rings. The van der Waals surface area contributed by atoms with E-state index in [0.717, 1.165) is 33.8 Å². The number of benzene rings is 3. The topological polar surface area (TPSA) is 82.8 Å². The lowest BCUT2D eigenvalue weighted by Gasteiger charge is -2.25. The highest BCUT2D eigenvalue weighted by Gasteiger charge is 2.21. The summed E-state index contributed by atoms with van der Waals surface area (Å²) in [6.07, 6.45) is -0.396. The van der Waals surface area contributed by atoms with E-state index < -0.39 is 6.09 Å². The van der Waals surface area contributed by atoms with Gasteiger partial charge in [0.25, 0.3) is 0 Å². The minimum atomic E-state index is -0.396. The number of nitrogens with one attached hydrogen (secondary N) is 1. The predicted molar refractivity (Wildman–Crippen MR) is 134 cm³/mol. The molecule has 180 valence electrons. The Morgan fingerprint density at radius 3 is 1.94 bits per heavy atom. The van der Waals surface area contributed by atoms with E-state index in [0.29, 0.717) is 32.9 Å². The molecule has 6 nitrogen and oxygen atoms in total. The number of ether oxygens (including phenoxy) is 3. The van der Waals surface area contributed by atoms with E-state index >= 15 is 0 Å². The van der Waals surface area contributed by atoms with Crippen molar-refractivity contribution in [3.63, 3.8) is 0 Å². The number of hydrogen-bond donors (Lipinski definition) is 2. The Balaban J connectivity index is 1.51. The summed E-state index contributed by atoms with van der Waals surface area (Å²) in [5.41, 5.74) is 9.74. The van der Waals surface area contributed by atoms with Gasteiger partial charge in [-0.15, -0.1) is 0 Å². The number of alkyl carbamates (subject to hydrolysis) is 1. The fourth-order valence-corrected chi connectivity index (χ4v) is 3.44. The first-order valence-electron chi connectivity index (χ1n) is 11.5. The molecule has 0 aromatic heterocycles. The van der Waals surface area contributed by atoms with Crippen molar-refractivity contribution < 1.29 is 19.0 Å². The summed E-state index contributed by atoms with van der Waals surface area (Å²) < 4.78 is 16.8. The molecule has 6 heteroatoms. The molecule has 3 N–H and O–H groups in total. The fourth-order valence-electron chi connectivity index (χ4n) is 3.44. The van der Waals surface area contributed by atoms with Crippen LogP contribution in [0.15, 0.2) is 72.8 Å². The number of carbonyl (C=O) groups excluding carboxylic acids is 1. The average Bonchev–Trinajstić information content (AvgIpc) is 2.86. The van der Waals surface area contributed by atoms with E-state index in [4.69, 9.17) is 19.9 Å². The summed E-state index contributed by atoms with van der Waals surface area (Å²) in [5, 5.41) is 2.81. The molecule has 0 spiro atoms. The molecule has 0 aliphatic carbocycles. The first-order valence-corrected chi connectivity index (χ1v) is 11.5. The standard InChI is InChI=1S/C28H34N2O4/c1-4-32-27(31)30-20-28(2,3)24-10-14-26(15-11-24)34-19-23-7-5-6-22(16-23)18-33-25-12-8-21(17-29)9-13-25/h5-16H,4,17-20,29H2,1-3H3,(H,30,31). The van der Waals surface area contributed by atoms with Gasteiger partial charge in [-0.05, 0) is 59.5 Å². The second-order valence-electron chi connectivity index (χ2n) is 8.73. The van der Waals surface area contributed by atoms with Crippen LogP contribution >= 0.6 is 0 Å². The van der Waals surface area contributed by atoms with Crippen molar-refractivity contribution in [2.24, 2.45) is 5.73 Å². The molecule has 1 amide bonds. The van der Waals surface area contributed by atoms with Gasteiger partial charge in [0.05, 0.1) is 6.61 Å². The molecule has 0 heterocycles. The zero-order valence-corrected chi connectivity index (χ0v) is 20.2. The number of hydrogen-bond acceptors (Lipinski definition) is 5. The minimum Gasteiger partial charge on any atom is -0.489 e. The highest BCUT2D eigenvalue weighted by Crippen LogP contribution is 2.25. The van der Waals surface area contributed by atoms with Gasteiger partial charge < -0.3 is 25.3 Å².